The fourth-order valence-corrected chi connectivity index (χ4v) is 3.30. The van der Waals surface area contributed by atoms with Crippen molar-refractivity contribution >= 4 is 16.7 Å². The Hall–Kier alpha value is -1.83. The minimum atomic E-state index is -0.292. The number of hydrogen-bond acceptors (Lipinski definition) is 2. The summed E-state index contributed by atoms with van der Waals surface area (Å²) in [6, 6.07) is 14.8. The number of ether oxygens (including phenoxy) is 1. The van der Waals surface area contributed by atoms with Crippen molar-refractivity contribution in [3.05, 3.63) is 48.0 Å². The lowest BCUT2D eigenvalue weighted by molar-refractivity contribution is -0.150. The van der Waals surface area contributed by atoms with Gasteiger partial charge in [0.15, 0.2) is 0 Å². The van der Waals surface area contributed by atoms with Crippen molar-refractivity contribution in [2.45, 2.75) is 32.6 Å². The molecule has 3 rings (SSSR count). The summed E-state index contributed by atoms with van der Waals surface area (Å²) in [6.45, 7) is 4.42. The molecular weight excluding hydrogens is 248 g/mol. The first-order valence-electron chi connectivity index (χ1n) is 7.38. The molecule has 0 saturated heterocycles. The van der Waals surface area contributed by atoms with E-state index >= 15 is 0 Å². The number of carbonyl (C=O) groups excluding carboxylic acids is 1. The standard InChI is InChI=1S/C18H20O2/c1-3-18(17(19)20-4-2)12-16(18)15-11-7-9-13-8-5-6-10-14(13)15/h5-11,16H,3-4,12H2,1-2H3/t16-,18+/m1/s1. The van der Waals surface area contributed by atoms with Gasteiger partial charge in [0.05, 0.1) is 12.0 Å². The van der Waals surface area contributed by atoms with Gasteiger partial charge in [-0.05, 0) is 36.1 Å². The summed E-state index contributed by atoms with van der Waals surface area (Å²) < 4.78 is 5.28. The van der Waals surface area contributed by atoms with Gasteiger partial charge in [-0.2, -0.15) is 0 Å². The molecule has 0 spiro atoms. The molecule has 20 heavy (non-hydrogen) atoms. The van der Waals surface area contributed by atoms with Crippen molar-refractivity contribution in [2.24, 2.45) is 5.41 Å². The van der Waals surface area contributed by atoms with Crippen LogP contribution in [0.25, 0.3) is 10.8 Å². The van der Waals surface area contributed by atoms with E-state index < -0.39 is 0 Å². The Balaban J connectivity index is 1.99. The molecule has 0 N–H and O–H groups in total. The number of rotatable bonds is 4. The number of esters is 1. The van der Waals surface area contributed by atoms with Crippen molar-refractivity contribution in [3.8, 4) is 0 Å². The van der Waals surface area contributed by atoms with E-state index in [-0.39, 0.29) is 11.4 Å². The van der Waals surface area contributed by atoms with Gasteiger partial charge in [-0.15, -0.1) is 0 Å². The summed E-state index contributed by atoms with van der Waals surface area (Å²) in [5, 5.41) is 2.50. The Bertz CT molecular complexity index is 641. The first-order valence-corrected chi connectivity index (χ1v) is 7.38. The Kier molecular flexibility index (Phi) is 3.25. The third-order valence-corrected chi connectivity index (χ3v) is 4.59. The molecule has 0 radical (unpaired) electrons. The molecule has 0 unspecified atom stereocenters. The fourth-order valence-electron chi connectivity index (χ4n) is 3.30. The van der Waals surface area contributed by atoms with Crippen LogP contribution in [0.15, 0.2) is 42.5 Å². The van der Waals surface area contributed by atoms with Gasteiger partial charge in [-0.3, -0.25) is 4.79 Å². The predicted molar refractivity (Wildman–Crippen MR) is 80.7 cm³/mol. The molecule has 0 bridgehead atoms. The van der Waals surface area contributed by atoms with E-state index in [9.17, 15) is 4.79 Å². The quantitative estimate of drug-likeness (QED) is 0.773. The second-order valence-corrected chi connectivity index (χ2v) is 5.56. The lowest BCUT2D eigenvalue weighted by Gasteiger charge is -2.14. The van der Waals surface area contributed by atoms with Crippen molar-refractivity contribution in [1.29, 1.82) is 0 Å². The topological polar surface area (TPSA) is 26.3 Å². The molecule has 2 heteroatoms. The molecule has 1 fully saturated rings. The molecule has 1 aliphatic rings. The highest BCUT2D eigenvalue weighted by atomic mass is 16.5. The normalized spacial score (nSPS) is 24.6. The van der Waals surface area contributed by atoms with Crippen molar-refractivity contribution in [2.75, 3.05) is 6.61 Å². The van der Waals surface area contributed by atoms with E-state index in [0.717, 1.165) is 12.8 Å². The largest absolute Gasteiger partial charge is 0.466 e. The maximum atomic E-state index is 12.3. The zero-order chi connectivity index (χ0) is 14.2. The smallest absolute Gasteiger partial charge is 0.312 e. The number of carbonyl (C=O) groups is 1. The van der Waals surface area contributed by atoms with Crippen LogP contribution in [0.2, 0.25) is 0 Å². The molecule has 0 heterocycles. The van der Waals surface area contributed by atoms with Crippen LogP contribution in [0.5, 0.6) is 0 Å². The van der Waals surface area contributed by atoms with E-state index in [0.29, 0.717) is 12.5 Å². The molecule has 0 aromatic heterocycles. The van der Waals surface area contributed by atoms with Crippen LogP contribution in [0, 0.1) is 5.41 Å². The maximum absolute atomic E-state index is 12.3. The van der Waals surface area contributed by atoms with Crippen molar-refractivity contribution in [1.82, 2.24) is 0 Å². The molecule has 2 aromatic rings. The maximum Gasteiger partial charge on any atom is 0.312 e. The molecule has 0 aliphatic heterocycles. The first kappa shape index (κ1) is 13.2. The molecule has 104 valence electrons. The highest BCUT2D eigenvalue weighted by Gasteiger charge is 2.60. The highest BCUT2D eigenvalue weighted by molar-refractivity contribution is 5.90. The molecule has 1 aliphatic carbocycles. The highest BCUT2D eigenvalue weighted by Crippen LogP contribution is 2.63. The third kappa shape index (κ3) is 1.91. The summed E-state index contributed by atoms with van der Waals surface area (Å²) >= 11 is 0. The van der Waals surface area contributed by atoms with Crippen LogP contribution < -0.4 is 0 Å². The minimum absolute atomic E-state index is 0.0274. The Morgan fingerprint density at radius 2 is 1.95 bits per heavy atom. The molecule has 1 saturated carbocycles. The van der Waals surface area contributed by atoms with Crippen molar-refractivity contribution < 1.29 is 9.53 Å². The second kappa shape index (κ2) is 4.93. The van der Waals surface area contributed by atoms with Gasteiger partial charge < -0.3 is 4.74 Å². The van der Waals surface area contributed by atoms with Gasteiger partial charge in [-0.25, -0.2) is 0 Å². The summed E-state index contributed by atoms with van der Waals surface area (Å²) in [7, 11) is 0. The van der Waals surface area contributed by atoms with Crippen LogP contribution >= 0.6 is 0 Å². The predicted octanol–water partition coefficient (Wildman–Crippen LogP) is 4.29. The Labute approximate surface area is 119 Å². The minimum Gasteiger partial charge on any atom is -0.466 e. The molecule has 2 atom stereocenters. The van der Waals surface area contributed by atoms with E-state index in [1.165, 1.54) is 16.3 Å². The van der Waals surface area contributed by atoms with E-state index in [2.05, 4.69) is 49.4 Å². The zero-order valence-electron chi connectivity index (χ0n) is 12.1. The average molecular weight is 268 g/mol. The first-order chi connectivity index (χ1) is 9.73. The summed E-state index contributed by atoms with van der Waals surface area (Å²) in [5.41, 5.74) is 0.998. The SMILES string of the molecule is CCOC(=O)[C@@]1(CC)C[C@@H]1c1cccc2ccccc12. The molecule has 2 aromatic carbocycles. The summed E-state index contributed by atoms with van der Waals surface area (Å²) in [5.74, 6) is 0.276. The number of hydrogen-bond donors (Lipinski definition) is 0. The van der Waals surface area contributed by atoms with Crippen LogP contribution in [-0.2, 0) is 9.53 Å². The molecule has 2 nitrogen and oxygen atoms in total. The Morgan fingerprint density at radius 3 is 2.70 bits per heavy atom. The van der Waals surface area contributed by atoms with E-state index in [4.69, 9.17) is 4.74 Å². The lowest BCUT2D eigenvalue weighted by atomic mass is 9.93. The fraction of sp³-hybridized carbons (Fsp3) is 0.389. The second-order valence-electron chi connectivity index (χ2n) is 5.56. The summed E-state index contributed by atoms with van der Waals surface area (Å²) in [4.78, 5) is 12.3. The van der Waals surface area contributed by atoms with E-state index in [1.807, 2.05) is 6.92 Å². The van der Waals surface area contributed by atoms with Gasteiger partial charge >= 0.3 is 5.97 Å². The van der Waals surface area contributed by atoms with Gasteiger partial charge in [-0.1, -0.05) is 49.4 Å². The van der Waals surface area contributed by atoms with Gasteiger partial charge in [0.1, 0.15) is 0 Å². The summed E-state index contributed by atoms with van der Waals surface area (Å²) in [6.07, 6.45) is 1.76. The average Bonchev–Trinajstić information content (AvgIpc) is 3.23. The zero-order valence-corrected chi connectivity index (χ0v) is 12.1. The van der Waals surface area contributed by atoms with Gasteiger partial charge in [0, 0.05) is 5.92 Å². The van der Waals surface area contributed by atoms with Gasteiger partial charge in [0.25, 0.3) is 0 Å². The van der Waals surface area contributed by atoms with E-state index in [1.54, 1.807) is 0 Å². The third-order valence-electron chi connectivity index (χ3n) is 4.59. The Morgan fingerprint density at radius 1 is 1.20 bits per heavy atom. The lowest BCUT2D eigenvalue weighted by Crippen LogP contribution is -2.20. The monoisotopic (exact) mass is 268 g/mol. The van der Waals surface area contributed by atoms with Crippen LogP contribution in [0.1, 0.15) is 38.2 Å². The van der Waals surface area contributed by atoms with Crippen LogP contribution in [-0.4, -0.2) is 12.6 Å². The van der Waals surface area contributed by atoms with Gasteiger partial charge in [0.2, 0.25) is 0 Å². The molecular formula is C18H20O2. The van der Waals surface area contributed by atoms with Crippen LogP contribution in [0.3, 0.4) is 0 Å². The molecule has 0 amide bonds. The number of fused-ring (bicyclic) bond motifs is 1. The van der Waals surface area contributed by atoms with Crippen molar-refractivity contribution in [3.63, 3.8) is 0 Å². The number of benzene rings is 2. The van der Waals surface area contributed by atoms with Crippen LogP contribution in [0.4, 0.5) is 0 Å².